The lowest BCUT2D eigenvalue weighted by molar-refractivity contribution is -0.153. The molecule has 0 spiro atoms. The highest BCUT2D eigenvalue weighted by molar-refractivity contribution is 7.89. The minimum Gasteiger partial charge on any atom is -0.497 e. The Morgan fingerprint density at radius 2 is 1.62 bits per heavy atom. The summed E-state index contributed by atoms with van der Waals surface area (Å²) in [5.41, 5.74) is 1.29. The summed E-state index contributed by atoms with van der Waals surface area (Å²) in [5, 5.41) is 9.64. The van der Waals surface area contributed by atoms with Crippen LogP contribution in [0.25, 0.3) is 0 Å². The van der Waals surface area contributed by atoms with Crippen molar-refractivity contribution >= 4 is 21.9 Å². The van der Waals surface area contributed by atoms with Crippen LogP contribution in [0.15, 0.2) is 65.3 Å². The first-order valence-corrected chi connectivity index (χ1v) is 18.1. The zero-order valence-corrected chi connectivity index (χ0v) is 28.6. The lowest BCUT2D eigenvalue weighted by atomic mass is 9.92. The van der Waals surface area contributed by atoms with Crippen molar-refractivity contribution < 1.29 is 42.1 Å². The Morgan fingerprint density at radius 1 is 0.938 bits per heavy atom. The third-order valence-corrected chi connectivity index (χ3v) is 11.3. The molecule has 13 heteroatoms. The van der Waals surface area contributed by atoms with E-state index >= 15 is 0 Å². The molecule has 1 amide bonds. The average molecular weight is 686 g/mol. The quantitative estimate of drug-likeness (QED) is 0.313. The van der Waals surface area contributed by atoms with Crippen molar-refractivity contribution in [1.82, 2.24) is 14.1 Å². The molecule has 5 rings (SSSR count). The van der Waals surface area contributed by atoms with Gasteiger partial charge in [-0.05, 0) is 86.8 Å². The van der Waals surface area contributed by atoms with Gasteiger partial charge in [0.25, 0.3) is 5.91 Å². The zero-order valence-electron chi connectivity index (χ0n) is 27.8. The van der Waals surface area contributed by atoms with Crippen LogP contribution >= 0.6 is 0 Å². The summed E-state index contributed by atoms with van der Waals surface area (Å²) >= 11 is 0. The monoisotopic (exact) mass is 685 g/mol. The Hall–Kier alpha value is -3.49. The van der Waals surface area contributed by atoms with Crippen molar-refractivity contribution in [3.63, 3.8) is 0 Å². The van der Waals surface area contributed by atoms with Crippen LogP contribution in [0.4, 0.5) is 0 Å². The molecule has 262 valence electrons. The number of amides is 1. The number of rotatable bonds is 13. The maximum absolute atomic E-state index is 13.8. The summed E-state index contributed by atoms with van der Waals surface area (Å²) in [5.74, 6) is -0.161. The van der Waals surface area contributed by atoms with Crippen molar-refractivity contribution in [2.75, 3.05) is 66.7 Å². The van der Waals surface area contributed by atoms with Gasteiger partial charge in [0.2, 0.25) is 16.3 Å². The first kappa shape index (κ1) is 35.8. The van der Waals surface area contributed by atoms with E-state index < -0.39 is 22.3 Å². The number of methoxy groups -OCH3 is 2. The van der Waals surface area contributed by atoms with Crippen LogP contribution in [0, 0.1) is 0 Å². The molecule has 2 fully saturated rings. The molecule has 2 atom stereocenters. The van der Waals surface area contributed by atoms with Crippen molar-refractivity contribution in [3.8, 4) is 5.75 Å². The number of aliphatic hydroxyl groups is 1. The molecule has 2 saturated heterocycles. The van der Waals surface area contributed by atoms with Crippen LogP contribution in [0.1, 0.15) is 60.4 Å². The summed E-state index contributed by atoms with van der Waals surface area (Å²) in [6, 6.07) is 13.6. The van der Waals surface area contributed by atoms with Gasteiger partial charge in [0, 0.05) is 44.6 Å². The van der Waals surface area contributed by atoms with Gasteiger partial charge in [-0.15, -0.1) is 0 Å². The van der Waals surface area contributed by atoms with Crippen LogP contribution in [0.2, 0.25) is 0 Å². The van der Waals surface area contributed by atoms with Crippen molar-refractivity contribution in [2.45, 2.75) is 61.7 Å². The number of nitrogens with zero attached hydrogens (tertiary/aromatic N) is 3. The highest BCUT2D eigenvalue weighted by atomic mass is 32.2. The number of sulfonamides is 1. The van der Waals surface area contributed by atoms with Gasteiger partial charge in [0.1, 0.15) is 5.75 Å². The molecule has 0 saturated carbocycles. The largest absolute Gasteiger partial charge is 0.497 e. The van der Waals surface area contributed by atoms with Gasteiger partial charge < -0.3 is 33.9 Å². The molecule has 0 aromatic heterocycles. The van der Waals surface area contributed by atoms with Crippen LogP contribution in [0.3, 0.4) is 0 Å². The number of likely N-dealkylation sites (tertiary alicyclic amines) is 2. The molecule has 0 bridgehead atoms. The Balaban J connectivity index is 1.27. The van der Waals surface area contributed by atoms with E-state index in [-0.39, 0.29) is 48.8 Å². The fourth-order valence-corrected chi connectivity index (χ4v) is 8.06. The van der Waals surface area contributed by atoms with E-state index in [0.717, 1.165) is 35.8 Å². The van der Waals surface area contributed by atoms with E-state index in [1.807, 2.05) is 23.1 Å². The lowest BCUT2D eigenvalue weighted by Gasteiger charge is -2.40. The molecule has 3 heterocycles. The summed E-state index contributed by atoms with van der Waals surface area (Å²) in [7, 11) is -1.10. The number of ether oxygens (including phenoxy) is 4. The Labute approximate surface area is 283 Å². The van der Waals surface area contributed by atoms with Gasteiger partial charge in [-0.25, -0.2) is 13.2 Å². The van der Waals surface area contributed by atoms with Gasteiger partial charge in [0.05, 0.1) is 37.9 Å². The first-order valence-electron chi connectivity index (χ1n) is 16.7. The van der Waals surface area contributed by atoms with Gasteiger partial charge in [-0.2, -0.15) is 4.31 Å². The second kappa shape index (κ2) is 16.8. The van der Waals surface area contributed by atoms with Crippen LogP contribution in [0.5, 0.6) is 5.75 Å². The Bertz CT molecular complexity index is 1500. The normalized spacial score (nSPS) is 21.0. The molecule has 0 aliphatic carbocycles. The fourth-order valence-electron chi connectivity index (χ4n) is 6.65. The predicted octanol–water partition coefficient (Wildman–Crippen LogP) is 3.37. The van der Waals surface area contributed by atoms with E-state index in [0.29, 0.717) is 36.9 Å². The van der Waals surface area contributed by atoms with E-state index in [2.05, 4.69) is 4.90 Å². The van der Waals surface area contributed by atoms with Gasteiger partial charge in [-0.1, -0.05) is 18.6 Å². The second-order valence-corrected chi connectivity index (χ2v) is 14.3. The molecule has 2 aromatic carbocycles. The third-order valence-electron chi connectivity index (χ3n) is 9.38. The van der Waals surface area contributed by atoms with Gasteiger partial charge in [0.15, 0.2) is 5.76 Å². The number of allylic oxidation sites excluding steroid dienone is 1. The zero-order chi connectivity index (χ0) is 34.1. The number of benzene rings is 2. The molecular weight excluding hydrogens is 638 g/mol. The molecule has 48 heavy (non-hydrogen) atoms. The minimum atomic E-state index is -3.93. The molecule has 0 radical (unpaired) electrons. The van der Waals surface area contributed by atoms with E-state index in [1.54, 1.807) is 24.3 Å². The molecule has 0 unspecified atom stereocenters. The number of carbonyl (C=O) groups excluding carboxylic acids is 2. The maximum atomic E-state index is 13.8. The van der Waals surface area contributed by atoms with Crippen LogP contribution < -0.4 is 4.74 Å². The Morgan fingerprint density at radius 3 is 2.25 bits per heavy atom. The minimum absolute atomic E-state index is 0.0310. The molecule has 3 aliphatic rings. The molecule has 1 N–H and O–H groups in total. The summed E-state index contributed by atoms with van der Waals surface area (Å²) in [6.07, 6.45) is 6.94. The SMILES string of the molecule is COC(=O)c1ccc([C@@H]2C=C(C(=O)N3CCC(N4CCCCC4)CC3)O[C@H](OCCN(CCO)S(=O)(=O)c3ccc(OC)cc3)C2)cc1. The van der Waals surface area contributed by atoms with Crippen LogP contribution in [-0.2, 0) is 29.0 Å². The molecule has 2 aromatic rings. The summed E-state index contributed by atoms with van der Waals surface area (Å²) in [6.45, 7) is 2.98. The maximum Gasteiger partial charge on any atom is 0.337 e. The van der Waals surface area contributed by atoms with E-state index in [1.165, 1.54) is 45.6 Å². The van der Waals surface area contributed by atoms with E-state index in [9.17, 15) is 23.1 Å². The smallest absolute Gasteiger partial charge is 0.337 e. The Kier molecular flexibility index (Phi) is 12.5. The topological polar surface area (TPSA) is 135 Å². The highest BCUT2D eigenvalue weighted by Crippen LogP contribution is 2.33. The highest BCUT2D eigenvalue weighted by Gasteiger charge is 2.34. The number of hydrogen-bond donors (Lipinski definition) is 1. The van der Waals surface area contributed by atoms with Gasteiger partial charge in [-0.3, -0.25) is 4.79 Å². The number of carbonyl (C=O) groups is 2. The number of aliphatic hydroxyl groups excluding tert-OH is 1. The standard InChI is InChI=1S/C35H47N3O9S/c1-44-30-10-12-31(13-11-30)48(42,43)38(20-22-39)21-23-46-33-25-28(26-6-8-27(9-7-26)35(41)45-2)24-32(47-33)34(40)37-18-14-29(15-19-37)36-16-4-3-5-17-36/h6-13,24,28-29,33,39H,3-5,14-23,25H2,1-2H3/t28-,33+/m1/s1. The lowest BCUT2D eigenvalue weighted by Crippen LogP contribution is -2.49. The predicted molar refractivity (Wildman–Crippen MR) is 178 cm³/mol. The third kappa shape index (κ3) is 8.75. The number of hydrogen-bond acceptors (Lipinski definition) is 10. The number of piperidine rings is 2. The van der Waals surface area contributed by atoms with Crippen molar-refractivity contribution in [3.05, 3.63) is 71.5 Å². The molecule has 12 nitrogen and oxygen atoms in total. The van der Waals surface area contributed by atoms with E-state index in [4.69, 9.17) is 18.9 Å². The average Bonchev–Trinajstić information content (AvgIpc) is 3.14. The molecular formula is C35H47N3O9S. The number of esters is 1. The summed E-state index contributed by atoms with van der Waals surface area (Å²) < 4.78 is 50.1. The van der Waals surface area contributed by atoms with Crippen LogP contribution in [-0.4, -0.2) is 119 Å². The molecule has 3 aliphatic heterocycles. The fraction of sp³-hybridized carbons (Fsp3) is 0.543. The van der Waals surface area contributed by atoms with Gasteiger partial charge >= 0.3 is 5.97 Å². The second-order valence-electron chi connectivity index (χ2n) is 12.3. The first-order chi connectivity index (χ1) is 23.2. The summed E-state index contributed by atoms with van der Waals surface area (Å²) in [4.78, 5) is 30.3. The van der Waals surface area contributed by atoms with Crippen molar-refractivity contribution in [2.24, 2.45) is 0 Å². The van der Waals surface area contributed by atoms with Crippen molar-refractivity contribution in [1.29, 1.82) is 0 Å².